The molecule has 1 N–H and O–H groups in total. The minimum atomic E-state index is 0.312. The summed E-state index contributed by atoms with van der Waals surface area (Å²) in [7, 11) is 0. The summed E-state index contributed by atoms with van der Waals surface area (Å²) in [6, 6.07) is 69.8. The molecule has 0 spiro atoms. The molecular formula is C56H41N3. The van der Waals surface area contributed by atoms with Gasteiger partial charge < -0.3 is 14.5 Å². The van der Waals surface area contributed by atoms with Crippen LogP contribution < -0.4 is 5.32 Å². The van der Waals surface area contributed by atoms with Gasteiger partial charge in [-0.15, -0.1) is 0 Å². The Bertz CT molecular complexity index is 3280. The fourth-order valence-corrected chi connectivity index (χ4v) is 9.47. The number of hydrogen-bond acceptors (Lipinski definition) is 1. The van der Waals surface area contributed by atoms with Crippen LogP contribution in [0.5, 0.6) is 0 Å². The Kier molecular flexibility index (Phi) is 7.89. The third-order valence-corrected chi connectivity index (χ3v) is 12.6. The standard InChI is InChI=1S/C56H41N3/c1-2-9-37(10-3-1)38-25-29-46(30-26-38)58-53-15-6-4-13-48(53)50-34-44(27-31-55(50)58)40-17-19-41(20-18-40)45-28-32-56-51(35-45)49-14-5-7-16-54(49)59(56)47-12-8-11-43(33-47)39-21-23-42(24-22-39)52-36-57-52/h1-19,21-35,41,52,57H,20,36H2. The summed E-state index contributed by atoms with van der Waals surface area (Å²) in [6.45, 7) is 1.08. The lowest BCUT2D eigenvalue weighted by Gasteiger charge is -2.18. The van der Waals surface area contributed by atoms with Gasteiger partial charge in [-0.25, -0.2) is 0 Å². The van der Waals surface area contributed by atoms with Crippen molar-refractivity contribution in [2.75, 3.05) is 6.54 Å². The number of hydrogen-bond donors (Lipinski definition) is 1. The maximum absolute atomic E-state index is 3.41. The van der Waals surface area contributed by atoms with Gasteiger partial charge in [0.1, 0.15) is 0 Å². The molecule has 1 aliphatic carbocycles. The number of rotatable bonds is 7. The zero-order chi connectivity index (χ0) is 38.9. The zero-order valence-electron chi connectivity index (χ0n) is 32.6. The van der Waals surface area contributed by atoms with Crippen molar-refractivity contribution in [3.63, 3.8) is 0 Å². The maximum Gasteiger partial charge on any atom is 0.0541 e. The Morgan fingerprint density at radius 2 is 0.966 bits per heavy atom. The van der Waals surface area contributed by atoms with E-state index in [1.165, 1.54) is 99.5 Å². The minimum absolute atomic E-state index is 0.312. The molecule has 1 saturated heterocycles. The Morgan fingerprint density at radius 3 is 1.68 bits per heavy atom. The summed E-state index contributed by atoms with van der Waals surface area (Å²) in [5.74, 6) is 0.312. The van der Waals surface area contributed by atoms with Gasteiger partial charge in [-0.3, -0.25) is 0 Å². The van der Waals surface area contributed by atoms with Crippen molar-refractivity contribution >= 4 is 49.2 Å². The van der Waals surface area contributed by atoms with Crippen molar-refractivity contribution in [1.29, 1.82) is 0 Å². The lowest BCUT2D eigenvalue weighted by molar-refractivity contribution is 0.858. The molecule has 3 nitrogen and oxygen atoms in total. The Balaban J connectivity index is 0.849. The Hall–Kier alpha value is -7.20. The molecule has 0 radical (unpaired) electrons. The fraction of sp³-hybridized carbons (Fsp3) is 0.0714. The quantitative estimate of drug-likeness (QED) is 0.161. The summed E-state index contributed by atoms with van der Waals surface area (Å²) < 4.78 is 4.83. The van der Waals surface area contributed by atoms with Gasteiger partial charge in [-0.05, 0) is 112 Å². The Morgan fingerprint density at radius 1 is 0.407 bits per heavy atom. The van der Waals surface area contributed by atoms with E-state index in [0.29, 0.717) is 12.0 Å². The van der Waals surface area contributed by atoms with Gasteiger partial charge in [-0.1, -0.05) is 146 Å². The van der Waals surface area contributed by atoms with Crippen molar-refractivity contribution < 1.29 is 0 Å². The molecule has 2 atom stereocenters. The molecular weight excluding hydrogens is 715 g/mol. The van der Waals surface area contributed by atoms with E-state index in [0.717, 1.165) is 13.0 Å². The third-order valence-electron chi connectivity index (χ3n) is 12.6. The average Bonchev–Trinajstić information content (AvgIpc) is 4.04. The second kappa shape index (κ2) is 13.7. The number of aromatic nitrogens is 2. The largest absolute Gasteiger partial charge is 0.309 e. The van der Waals surface area contributed by atoms with Crippen molar-refractivity contribution in [2.24, 2.45) is 0 Å². The van der Waals surface area contributed by atoms with Crippen LogP contribution in [-0.2, 0) is 0 Å². The van der Waals surface area contributed by atoms with Gasteiger partial charge >= 0.3 is 0 Å². The minimum Gasteiger partial charge on any atom is -0.309 e. The highest BCUT2D eigenvalue weighted by Gasteiger charge is 2.22. The zero-order valence-corrected chi connectivity index (χ0v) is 32.6. The second-order valence-corrected chi connectivity index (χ2v) is 16.1. The monoisotopic (exact) mass is 755 g/mol. The normalized spacial score (nSPS) is 16.3. The summed E-state index contributed by atoms with van der Waals surface area (Å²) in [6.07, 6.45) is 8.14. The van der Waals surface area contributed by atoms with Crippen LogP contribution in [0.1, 0.15) is 35.1 Å². The van der Waals surface area contributed by atoms with Crippen molar-refractivity contribution in [3.8, 4) is 33.6 Å². The van der Waals surface area contributed by atoms with E-state index in [2.05, 4.69) is 221 Å². The van der Waals surface area contributed by atoms with E-state index < -0.39 is 0 Å². The molecule has 3 heteroatoms. The first-order valence-electron chi connectivity index (χ1n) is 20.8. The van der Waals surface area contributed by atoms with Crippen LogP contribution in [0.25, 0.3) is 82.8 Å². The molecule has 2 aliphatic rings. The fourth-order valence-electron chi connectivity index (χ4n) is 9.47. The predicted octanol–water partition coefficient (Wildman–Crippen LogP) is 14.0. The van der Waals surface area contributed by atoms with Gasteiger partial charge in [0.15, 0.2) is 0 Å². The van der Waals surface area contributed by atoms with Crippen LogP contribution >= 0.6 is 0 Å². The lowest BCUT2D eigenvalue weighted by Crippen LogP contribution is -1.99. The van der Waals surface area contributed by atoms with Crippen LogP contribution in [0.15, 0.2) is 206 Å². The molecule has 1 aliphatic heterocycles. The first-order chi connectivity index (χ1) is 29.2. The third kappa shape index (κ3) is 5.85. The Labute approximate surface area is 343 Å². The molecule has 3 heterocycles. The predicted molar refractivity (Wildman–Crippen MR) is 248 cm³/mol. The van der Waals surface area contributed by atoms with Crippen LogP contribution in [0.4, 0.5) is 0 Å². The van der Waals surface area contributed by atoms with E-state index >= 15 is 0 Å². The average molecular weight is 756 g/mol. The first kappa shape index (κ1) is 33.9. The molecule has 1 fully saturated rings. The van der Waals surface area contributed by atoms with Crippen molar-refractivity contribution in [2.45, 2.75) is 18.4 Å². The molecule has 8 aromatic carbocycles. The highest BCUT2D eigenvalue weighted by atomic mass is 15.1. The number of para-hydroxylation sites is 2. The topological polar surface area (TPSA) is 31.8 Å². The molecule has 2 aromatic heterocycles. The molecule has 12 rings (SSSR count). The van der Waals surface area contributed by atoms with Crippen molar-refractivity contribution in [3.05, 3.63) is 223 Å². The van der Waals surface area contributed by atoms with Crippen LogP contribution in [-0.4, -0.2) is 15.7 Å². The number of allylic oxidation sites excluding steroid dienone is 4. The van der Waals surface area contributed by atoms with E-state index in [-0.39, 0.29) is 0 Å². The molecule has 0 saturated carbocycles. The van der Waals surface area contributed by atoms with E-state index in [1.54, 1.807) is 0 Å². The van der Waals surface area contributed by atoms with Crippen LogP contribution in [0.2, 0.25) is 0 Å². The summed E-state index contributed by atoms with van der Waals surface area (Å²) in [5, 5.41) is 8.54. The van der Waals surface area contributed by atoms with Gasteiger partial charge in [0.2, 0.25) is 0 Å². The summed E-state index contributed by atoms with van der Waals surface area (Å²) in [4.78, 5) is 0. The summed E-state index contributed by atoms with van der Waals surface area (Å²) in [5.41, 5.74) is 17.4. The summed E-state index contributed by atoms with van der Waals surface area (Å²) >= 11 is 0. The number of fused-ring (bicyclic) bond motifs is 6. The molecule has 280 valence electrons. The van der Waals surface area contributed by atoms with Gasteiger partial charge in [0, 0.05) is 51.4 Å². The number of nitrogens with one attached hydrogen (secondary N) is 1. The maximum atomic E-state index is 3.41. The van der Waals surface area contributed by atoms with E-state index in [4.69, 9.17) is 0 Å². The molecule has 10 aromatic rings. The smallest absolute Gasteiger partial charge is 0.0541 e. The van der Waals surface area contributed by atoms with Gasteiger partial charge in [0.25, 0.3) is 0 Å². The SMILES string of the molecule is C1=CC(c2ccc3c(c2)c2ccccc2n3-c2cccc(-c3ccc(C4CN4)cc3)c2)CC=C1c1ccc2c(c1)c1ccccc1n2-c1ccc(-c2ccccc2)cc1. The number of nitrogens with zero attached hydrogens (tertiary/aromatic N) is 2. The highest BCUT2D eigenvalue weighted by molar-refractivity contribution is 6.11. The second-order valence-electron chi connectivity index (χ2n) is 16.1. The van der Waals surface area contributed by atoms with Crippen LogP contribution in [0, 0.1) is 0 Å². The number of benzene rings is 8. The molecule has 2 unspecified atom stereocenters. The van der Waals surface area contributed by atoms with Crippen molar-refractivity contribution in [1.82, 2.24) is 14.5 Å². The van der Waals surface area contributed by atoms with E-state index in [9.17, 15) is 0 Å². The first-order valence-corrected chi connectivity index (χ1v) is 20.8. The molecule has 0 amide bonds. The molecule has 59 heavy (non-hydrogen) atoms. The lowest BCUT2D eigenvalue weighted by atomic mass is 9.87. The van der Waals surface area contributed by atoms with Gasteiger partial charge in [-0.2, -0.15) is 0 Å². The highest BCUT2D eigenvalue weighted by Crippen LogP contribution is 2.39. The molecule has 0 bridgehead atoms. The van der Waals surface area contributed by atoms with Crippen LogP contribution in [0.3, 0.4) is 0 Å². The van der Waals surface area contributed by atoms with Gasteiger partial charge in [0.05, 0.1) is 22.1 Å². The van der Waals surface area contributed by atoms with E-state index in [1.807, 2.05) is 0 Å².